The Kier molecular flexibility index (Phi) is 6.75. The molecule has 2 atom stereocenters. The highest BCUT2D eigenvalue weighted by Crippen LogP contribution is 2.52. The Balaban J connectivity index is 1.11. The second-order valence-corrected chi connectivity index (χ2v) is 11.0. The van der Waals surface area contributed by atoms with Crippen molar-refractivity contribution in [2.45, 2.75) is 62.6 Å². The van der Waals surface area contributed by atoms with Crippen molar-refractivity contribution < 1.29 is 24.2 Å². The van der Waals surface area contributed by atoms with Crippen LogP contribution < -0.4 is 14.8 Å². The number of hydrogen-bond acceptors (Lipinski definition) is 4. The summed E-state index contributed by atoms with van der Waals surface area (Å²) in [5, 5.41) is 13.7. The lowest BCUT2D eigenvalue weighted by Gasteiger charge is -2.32. The van der Waals surface area contributed by atoms with E-state index < -0.39 is 18.2 Å². The van der Waals surface area contributed by atoms with Gasteiger partial charge >= 0.3 is 5.97 Å². The van der Waals surface area contributed by atoms with Crippen molar-refractivity contribution >= 4 is 23.5 Å². The van der Waals surface area contributed by atoms with Gasteiger partial charge < -0.3 is 19.9 Å². The quantitative estimate of drug-likeness (QED) is 0.332. The molecule has 3 aliphatic rings. The zero-order chi connectivity index (χ0) is 26.2. The highest BCUT2D eigenvalue weighted by Gasteiger charge is 2.40. The number of amides is 1. The van der Waals surface area contributed by atoms with Crippen LogP contribution in [0.3, 0.4) is 0 Å². The minimum atomic E-state index is -0.858. The summed E-state index contributed by atoms with van der Waals surface area (Å²) in [6.45, 7) is 0.510. The number of carbonyl (C=O) groups is 2. The van der Waals surface area contributed by atoms with Gasteiger partial charge in [0, 0.05) is 29.1 Å². The fourth-order valence-electron chi connectivity index (χ4n) is 5.16. The molecule has 0 saturated heterocycles. The number of carboxylic acids is 1. The van der Waals surface area contributed by atoms with Gasteiger partial charge in [0.15, 0.2) is 0 Å². The lowest BCUT2D eigenvalue weighted by atomic mass is 9.87. The number of carbonyl (C=O) groups excluding carboxylic acids is 1. The maximum Gasteiger partial charge on any atom is 0.311 e. The Morgan fingerprint density at radius 1 is 0.947 bits per heavy atom. The summed E-state index contributed by atoms with van der Waals surface area (Å²) in [6.07, 6.45) is 4.78. The molecule has 7 heteroatoms. The van der Waals surface area contributed by atoms with Gasteiger partial charge in [-0.05, 0) is 97.0 Å². The maximum atomic E-state index is 12.6. The van der Waals surface area contributed by atoms with Crippen molar-refractivity contribution in [1.29, 1.82) is 0 Å². The first-order chi connectivity index (χ1) is 18.4. The lowest BCUT2D eigenvalue weighted by Crippen LogP contribution is -2.34. The smallest absolute Gasteiger partial charge is 0.311 e. The minimum absolute atomic E-state index is 0.167. The highest BCUT2D eigenvalue weighted by molar-refractivity contribution is 6.30. The van der Waals surface area contributed by atoms with Gasteiger partial charge in [-0.1, -0.05) is 35.9 Å². The van der Waals surface area contributed by atoms with E-state index in [-0.39, 0.29) is 12.3 Å². The molecule has 2 aliphatic carbocycles. The Hall–Kier alpha value is -3.51. The molecule has 196 valence electrons. The molecule has 3 aromatic carbocycles. The van der Waals surface area contributed by atoms with E-state index in [0.29, 0.717) is 46.9 Å². The molecule has 2 fully saturated rings. The Morgan fingerprint density at radius 2 is 1.63 bits per heavy atom. The van der Waals surface area contributed by atoms with E-state index in [2.05, 4.69) is 11.4 Å². The molecule has 6 rings (SSSR count). The fourth-order valence-corrected chi connectivity index (χ4v) is 5.28. The van der Waals surface area contributed by atoms with E-state index in [9.17, 15) is 14.7 Å². The molecule has 0 bridgehead atoms. The van der Waals surface area contributed by atoms with Crippen LogP contribution in [0.25, 0.3) is 0 Å². The molecular weight excluding hydrogens is 502 g/mol. The normalized spacial score (nSPS) is 20.2. The summed E-state index contributed by atoms with van der Waals surface area (Å²) >= 11 is 5.92. The molecule has 0 aromatic heterocycles. The van der Waals surface area contributed by atoms with Crippen molar-refractivity contribution in [3.05, 3.63) is 93.5 Å². The summed E-state index contributed by atoms with van der Waals surface area (Å²) in [5.41, 5.74) is 4.79. The Bertz CT molecular complexity index is 1350. The predicted octanol–water partition coefficient (Wildman–Crippen LogP) is 6.42. The van der Waals surface area contributed by atoms with Gasteiger partial charge in [-0.15, -0.1) is 0 Å². The van der Waals surface area contributed by atoms with E-state index >= 15 is 0 Å². The van der Waals surface area contributed by atoms with Gasteiger partial charge in [0.2, 0.25) is 6.29 Å². The van der Waals surface area contributed by atoms with Crippen LogP contribution in [-0.2, 0) is 11.2 Å². The molecule has 3 aromatic rings. The zero-order valence-corrected chi connectivity index (χ0v) is 21.7. The number of fused-ring (bicyclic) bond motifs is 1. The molecule has 1 heterocycles. The van der Waals surface area contributed by atoms with Crippen molar-refractivity contribution in [1.82, 2.24) is 5.32 Å². The first kappa shape index (κ1) is 24.8. The molecule has 2 saturated carbocycles. The van der Waals surface area contributed by atoms with Gasteiger partial charge in [0.25, 0.3) is 5.91 Å². The van der Waals surface area contributed by atoms with Crippen molar-refractivity contribution in [3.63, 3.8) is 0 Å². The topological polar surface area (TPSA) is 84.9 Å². The van der Waals surface area contributed by atoms with Gasteiger partial charge in [-0.25, -0.2) is 0 Å². The van der Waals surface area contributed by atoms with Crippen LogP contribution >= 0.6 is 11.6 Å². The van der Waals surface area contributed by atoms with Crippen LogP contribution in [0.5, 0.6) is 11.5 Å². The summed E-state index contributed by atoms with van der Waals surface area (Å²) < 4.78 is 12.4. The third kappa shape index (κ3) is 5.51. The number of carboxylic acid groups (broad SMARTS) is 1. The number of rotatable bonds is 9. The lowest BCUT2D eigenvalue weighted by molar-refractivity contribution is -0.141. The van der Waals surface area contributed by atoms with Crippen molar-refractivity contribution in [3.8, 4) is 11.5 Å². The molecule has 2 N–H and O–H groups in total. The fraction of sp³-hybridized carbons (Fsp3) is 0.355. The third-order valence-electron chi connectivity index (χ3n) is 7.58. The molecule has 0 radical (unpaired) electrons. The second-order valence-electron chi connectivity index (χ2n) is 10.5. The van der Waals surface area contributed by atoms with E-state index in [1.54, 1.807) is 24.3 Å². The van der Waals surface area contributed by atoms with Crippen LogP contribution in [0.1, 0.15) is 82.5 Å². The average molecular weight is 532 g/mol. The van der Waals surface area contributed by atoms with E-state index in [4.69, 9.17) is 21.1 Å². The van der Waals surface area contributed by atoms with Gasteiger partial charge in [-0.3, -0.25) is 9.59 Å². The number of benzene rings is 3. The first-order valence-electron chi connectivity index (χ1n) is 13.3. The van der Waals surface area contributed by atoms with Gasteiger partial charge in [-0.2, -0.15) is 0 Å². The van der Waals surface area contributed by atoms with Crippen LogP contribution in [0.15, 0.2) is 60.7 Å². The first-order valence-corrected chi connectivity index (χ1v) is 13.7. The van der Waals surface area contributed by atoms with E-state index in [1.807, 2.05) is 30.3 Å². The largest absolute Gasteiger partial charge is 0.481 e. The van der Waals surface area contributed by atoms with Gasteiger partial charge in [0.05, 0.1) is 5.92 Å². The minimum Gasteiger partial charge on any atom is -0.481 e. The van der Waals surface area contributed by atoms with Crippen molar-refractivity contribution in [2.75, 3.05) is 6.54 Å². The molecule has 1 aliphatic heterocycles. The molecule has 2 unspecified atom stereocenters. The number of ether oxygens (including phenoxy) is 2. The number of aliphatic carboxylic acids is 1. The van der Waals surface area contributed by atoms with Crippen LogP contribution in [-0.4, -0.2) is 29.8 Å². The second kappa shape index (κ2) is 10.3. The molecule has 6 nitrogen and oxygen atoms in total. The summed E-state index contributed by atoms with van der Waals surface area (Å²) in [7, 11) is 0. The predicted molar refractivity (Wildman–Crippen MR) is 144 cm³/mol. The molecule has 1 amide bonds. The SMILES string of the molecule is O=C(NCCc1ccc(Cl)cc1)c1ccc(OC2CC(C(=O)O)c3cc(C4CC4)cc(C4CC4)c3O2)cc1. The van der Waals surface area contributed by atoms with Crippen LogP contribution in [0.2, 0.25) is 5.02 Å². The molecule has 0 spiro atoms. The number of hydrogen-bond donors (Lipinski definition) is 2. The van der Waals surface area contributed by atoms with E-state index in [1.165, 1.54) is 18.4 Å². The standard InChI is InChI=1S/C31H30ClNO5/c32-23-9-1-18(2-10-23)13-14-33-30(34)21-7-11-24(12-8-21)37-28-17-27(31(35)36)26-16-22(19-3-4-19)15-25(20-5-6-20)29(26)38-28/h1-2,7-12,15-16,19-20,27-28H,3-6,13-14,17H2,(H,33,34)(H,35,36). The Labute approximate surface area is 226 Å². The molecule has 38 heavy (non-hydrogen) atoms. The van der Waals surface area contributed by atoms with E-state index in [0.717, 1.165) is 29.5 Å². The van der Waals surface area contributed by atoms with Crippen LogP contribution in [0, 0.1) is 0 Å². The highest BCUT2D eigenvalue weighted by atomic mass is 35.5. The summed E-state index contributed by atoms with van der Waals surface area (Å²) in [6, 6.07) is 18.7. The maximum absolute atomic E-state index is 12.6. The molecular formula is C31H30ClNO5. The van der Waals surface area contributed by atoms with Crippen molar-refractivity contribution in [2.24, 2.45) is 0 Å². The monoisotopic (exact) mass is 531 g/mol. The third-order valence-corrected chi connectivity index (χ3v) is 7.83. The number of nitrogens with one attached hydrogen (secondary N) is 1. The van der Waals surface area contributed by atoms with Gasteiger partial charge in [0.1, 0.15) is 11.5 Å². The zero-order valence-electron chi connectivity index (χ0n) is 21.0. The Morgan fingerprint density at radius 3 is 2.29 bits per heavy atom. The summed E-state index contributed by atoms with van der Waals surface area (Å²) in [4.78, 5) is 24.8. The average Bonchev–Trinajstić information content (AvgIpc) is 3.82. The summed E-state index contributed by atoms with van der Waals surface area (Å²) in [5.74, 6) is 0.511. The number of halogens is 1. The van der Waals surface area contributed by atoms with Crippen LogP contribution in [0.4, 0.5) is 0 Å².